The summed E-state index contributed by atoms with van der Waals surface area (Å²) in [5.41, 5.74) is 6.18. The molecule has 0 bridgehead atoms. The highest BCUT2D eigenvalue weighted by atomic mass is 19.1. The van der Waals surface area contributed by atoms with E-state index in [1.54, 1.807) is 4.68 Å². The third-order valence-electron chi connectivity index (χ3n) is 4.85. The van der Waals surface area contributed by atoms with E-state index in [2.05, 4.69) is 21.8 Å². The van der Waals surface area contributed by atoms with Gasteiger partial charge in [0.2, 0.25) is 0 Å². The van der Waals surface area contributed by atoms with E-state index in [-0.39, 0.29) is 29.3 Å². The minimum absolute atomic E-state index is 0.162. The number of hydrogen-bond donors (Lipinski definition) is 3. The second kappa shape index (κ2) is 8.60. The lowest BCUT2D eigenvalue weighted by Gasteiger charge is -2.32. The number of rotatable bonds is 5. The number of carbonyl (C=O) groups is 2. The van der Waals surface area contributed by atoms with Crippen LogP contribution in [0.25, 0.3) is 0 Å². The first-order valence-electron chi connectivity index (χ1n) is 9.10. The standard InChI is InChI=1S/C19H21FN6O3/c1-23-19(28)29-14-6-7-16(11(8-14)9-21)26-10-15(17(22)27)18(25-26)24-13-4-2-12(20)3-5-13/h2-5,10-11,14,16H,6-8H2,1H3,(H2,22,27)(H,23,28)(H,24,25)/t11?,14-,16?/m1/s1. The smallest absolute Gasteiger partial charge is 0.407 e. The Bertz CT molecular complexity index is 936. The van der Waals surface area contributed by atoms with E-state index >= 15 is 0 Å². The molecule has 3 rings (SSSR count). The summed E-state index contributed by atoms with van der Waals surface area (Å²) in [5.74, 6) is -1.29. The predicted molar refractivity (Wildman–Crippen MR) is 102 cm³/mol. The summed E-state index contributed by atoms with van der Waals surface area (Å²) in [4.78, 5) is 23.3. The van der Waals surface area contributed by atoms with Crippen molar-refractivity contribution < 1.29 is 18.7 Å². The van der Waals surface area contributed by atoms with E-state index in [4.69, 9.17) is 10.5 Å². The number of benzene rings is 1. The molecule has 1 aromatic carbocycles. The van der Waals surface area contributed by atoms with Crippen LogP contribution in [0.2, 0.25) is 0 Å². The van der Waals surface area contributed by atoms with Crippen LogP contribution in [-0.4, -0.2) is 34.9 Å². The molecule has 0 spiro atoms. The molecule has 0 aliphatic heterocycles. The summed E-state index contributed by atoms with van der Waals surface area (Å²) in [6.07, 6.45) is 2.06. The maximum atomic E-state index is 13.1. The van der Waals surface area contributed by atoms with Crippen LogP contribution in [0.3, 0.4) is 0 Å². The van der Waals surface area contributed by atoms with Gasteiger partial charge in [0.25, 0.3) is 5.91 Å². The number of halogens is 1. The monoisotopic (exact) mass is 400 g/mol. The van der Waals surface area contributed by atoms with Crippen molar-refractivity contribution in [1.29, 1.82) is 5.26 Å². The Hall–Kier alpha value is -3.61. The molecule has 2 aromatic rings. The number of nitrogens with zero attached hydrogens (tertiary/aromatic N) is 3. The Balaban J connectivity index is 1.81. The summed E-state index contributed by atoms with van der Waals surface area (Å²) >= 11 is 0. The number of ether oxygens (including phenoxy) is 1. The maximum absolute atomic E-state index is 13.1. The normalized spacial score (nSPS) is 21.1. The number of aromatic nitrogens is 2. The second-order valence-electron chi connectivity index (χ2n) is 6.76. The van der Waals surface area contributed by atoms with Crippen LogP contribution in [0.1, 0.15) is 35.7 Å². The number of amides is 2. The summed E-state index contributed by atoms with van der Waals surface area (Å²) in [6, 6.07) is 7.52. The zero-order valence-corrected chi connectivity index (χ0v) is 15.8. The molecule has 1 heterocycles. The average molecular weight is 400 g/mol. The first-order valence-corrected chi connectivity index (χ1v) is 9.10. The molecule has 29 heavy (non-hydrogen) atoms. The molecule has 1 fully saturated rings. The van der Waals surface area contributed by atoms with Gasteiger partial charge < -0.3 is 21.1 Å². The molecule has 1 aliphatic carbocycles. The Kier molecular flexibility index (Phi) is 5.97. The van der Waals surface area contributed by atoms with Crippen molar-refractivity contribution in [2.75, 3.05) is 12.4 Å². The first kappa shape index (κ1) is 20.1. The van der Waals surface area contributed by atoms with Crippen molar-refractivity contribution >= 4 is 23.5 Å². The topological polar surface area (TPSA) is 135 Å². The molecule has 0 saturated heterocycles. The van der Waals surface area contributed by atoms with Gasteiger partial charge in [-0.1, -0.05) is 0 Å². The highest BCUT2D eigenvalue weighted by Gasteiger charge is 2.35. The number of alkyl carbamates (subject to hydrolysis) is 1. The van der Waals surface area contributed by atoms with Gasteiger partial charge in [-0.25, -0.2) is 9.18 Å². The highest BCUT2D eigenvalue weighted by molar-refractivity contribution is 5.98. The lowest BCUT2D eigenvalue weighted by atomic mass is 9.83. The Morgan fingerprint density at radius 1 is 1.34 bits per heavy atom. The van der Waals surface area contributed by atoms with E-state index in [1.807, 2.05) is 0 Å². The number of nitrogens with two attached hydrogens (primary N) is 1. The van der Waals surface area contributed by atoms with Crippen molar-refractivity contribution in [3.8, 4) is 6.07 Å². The second-order valence-corrected chi connectivity index (χ2v) is 6.76. The molecule has 1 aromatic heterocycles. The van der Waals surface area contributed by atoms with Gasteiger partial charge in [0.15, 0.2) is 5.82 Å². The molecular formula is C19H21FN6O3. The van der Waals surface area contributed by atoms with Crippen LogP contribution in [0.15, 0.2) is 30.5 Å². The van der Waals surface area contributed by atoms with E-state index < -0.39 is 17.9 Å². The van der Waals surface area contributed by atoms with Crippen LogP contribution in [0.5, 0.6) is 0 Å². The van der Waals surface area contributed by atoms with Crippen LogP contribution < -0.4 is 16.4 Å². The number of nitriles is 1. The summed E-state index contributed by atoms with van der Waals surface area (Å²) in [7, 11) is 1.47. The van der Waals surface area contributed by atoms with Crippen molar-refractivity contribution in [3.63, 3.8) is 0 Å². The number of primary amides is 1. The van der Waals surface area contributed by atoms with Crippen molar-refractivity contribution in [2.24, 2.45) is 11.7 Å². The molecule has 3 atom stereocenters. The minimum atomic E-state index is -0.675. The Morgan fingerprint density at radius 2 is 2.07 bits per heavy atom. The number of nitrogens with one attached hydrogen (secondary N) is 2. The molecule has 10 heteroatoms. The third kappa shape index (κ3) is 4.63. The molecule has 4 N–H and O–H groups in total. The fourth-order valence-electron chi connectivity index (χ4n) is 3.39. The van der Waals surface area contributed by atoms with Crippen molar-refractivity contribution in [3.05, 3.63) is 41.8 Å². The largest absolute Gasteiger partial charge is 0.446 e. The third-order valence-corrected chi connectivity index (χ3v) is 4.85. The van der Waals surface area contributed by atoms with Gasteiger partial charge in [-0.05, 0) is 37.1 Å². The molecular weight excluding hydrogens is 379 g/mol. The lowest BCUT2D eigenvalue weighted by Crippen LogP contribution is -2.34. The van der Waals surface area contributed by atoms with E-state index in [0.717, 1.165) is 0 Å². The Morgan fingerprint density at radius 3 is 2.69 bits per heavy atom. The van der Waals surface area contributed by atoms with Gasteiger partial charge in [-0.3, -0.25) is 9.48 Å². The number of carbonyl (C=O) groups excluding carboxylic acids is 2. The van der Waals surface area contributed by atoms with Gasteiger partial charge in [0, 0.05) is 25.4 Å². The van der Waals surface area contributed by atoms with Gasteiger partial charge in [0.05, 0.1) is 18.0 Å². The average Bonchev–Trinajstić information content (AvgIpc) is 3.13. The maximum Gasteiger partial charge on any atom is 0.407 e. The summed E-state index contributed by atoms with van der Waals surface area (Å²) in [6.45, 7) is 0. The number of hydrogen-bond acceptors (Lipinski definition) is 6. The molecule has 2 unspecified atom stereocenters. The van der Waals surface area contributed by atoms with Crippen molar-refractivity contribution in [1.82, 2.24) is 15.1 Å². The van der Waals surface area contributed by atoms with Crippen LogP contribution in [0.4, 0.5) is 20.7 Å². The zero-order chi connectivity index (χ0) is 21.0. The lowest BCUT2D eigenvalue weighted by molar-refractivity contribution is 0.0528. The molecule has 152 valence electrons. The fourth-order valence-corrected chi connectivity index (χ4v) is 3.39. The first-order chi connectivity index (χ1) is 13.9. The molecule has 9 nitrogen and oxygen atoms in total. The van der Waals surface area contributed by atoms with Crippen LogP contribution in [-0.2, 0) is 4.74 Å². The fraction of sp³-hybridized carbons (Fsp3) is 0.368. The van der Waals surface area contributed by atoms with E-state index in [0.29, 0.717) is 24.9 Å². The van der Waals surface area contributed by atoms with E-state index in [1.165, 1.54) is 37.5 Å². The molecule has 1 saturated carbocycles. The molecule has 0 radical (unpaired) electrons. The van der Waals surface area contributed by atoms with Gasteiger partial charge in [0.1, 0.15) is 17.5 Å². The number of anilines is 2. The van der Waals surface area contributed by atoms with Crippen LogP contribution >= 0.6 is 0 Å². The minimum Gasteiger partial charge on any atom is -0.446 e. The molecule has 2 amide bonds. The van der Waals surface area contributed by atoms with Gasteiger partial charge >= 0.3 is 6.09 Å². The zero-order valence-electron chi connectivity index (χ0n) is 15.8. The van der Waals surface area contributed by atoms with Crippen LogP contribution in [0, 0.1) is 23.1 Å². The van der Waals surface area contributed by atoms with Gasteiger partial charge in [-0.2, -0.15) is 10.4 Å². The van der Waals surface area contributed by atoms with Crippen molar-refractivity contribution in [2.45, 2.75) is 31.4 Å². The van der Waals surface area contributed by atoms with Gasteiger partial charge in [-0.15, -0.1) is 0 Å². The summed E-state index contributed by atoms with van der Waals surface area (Å²) < 4.78 is 19.9. The van der Waals surface area contributed by atoms with E-state index in [9.17, 15) is 19.2 Å². The summed E-state index contributed by atoms with van der Waals surface area (Å²) in [5, 5.41) is 19.4. The Labute approximate surface area is 166 Å². The quantitative estimate of drug-likeness (QED) is 0.705. The predicted octanol–water partition coefficient (Wildman–Crippen LogP) is 2.45. The molecule has 1 aliphatic rings. The SMILES string of the molecule is CNC(=O)O[C@@H]1CCC(n2cc(C(N)=O)c(Nc3ccc(F)cc3)n2)C(C#N)C1. The highest BCUT2D eigenvalue weighted by Crippen LogP contribution is 2.36.